The van der Waals surface area contributed by atoms with Crippen molar-refractivity contribution in [1.82, 2.24) is 4.57 Å². The molecule has 0 spiro atoms. The first kappa shape index (κ1) is 27.9. The summed E-state index contributed by atoms with van der Waals surface area (Å²) in [6, 6.07) is 16.3. The molecule has 0 saturated heterocycles. The lowest BCUT2D eigenvalue weighted by Gasteiger charge is -2.25. The molecule has 0 N–H and O–H groups in total. The summed E-state index contributed by atoms with van der Waals surface area (Å²) in [5.74, 6) is 1.79. The van der Waals surface area contributed by atoms with Crippen LogP contribution in [0.15, 0.2) is 80.1 Å². The molecule has 0 fully saturated rings. The Labute approximate surface area is 248 Å². The Morgan fingerprint density at radius 3 is 2.58 bits per heavy atom. The van der Waals surface area contributed by atoms with Crippen molar-refractivity contribution < 1.29 is 23.4 Å². The fourth-order valence-corrected chi connectivity index (χ4v) is 5.95. The standard InChI is InChI=1S/C30H27IN2O6S/c1-5-37-24-15-19(9-13-23(24)36-4)27-26(29(35)38-6-2)17(3)32-30-33(27)28(34)25(40-30)16-21-12-14-22(39-21)18-7-10-20(31)11-8-18/h7-16,27H,5-6H2,1-4H3/b25-16-/t27-/m0/s1. The summed E-state index contributed by atoms with van der Waals surface area (Å²) < 4.78 is 25.8. The van der Waals surface area contributed by atoms with E-state index in [1.54, 1.807) is 39.2 Å². The molecular formula is C30H27IN2O6S. The molecule has 0 unspecified atom stereocenters. The number of fused-ring (bicyclic) bond motifs is 1. The maximum Gasteiger partial charge on any atom is 0.338 e. The minimum atomic E-state index is -0.762. The van der Waals surface area contributed by atoms with Gasteiger partial charge in [-0.2, -0.15) is 0 Å². The van der Waals surface area contributed by atoms with E-state index >= 15 is 0 Å². The molecule has 0 aliphatic carbocycles. The van der Waals surface area contributed by atoms with Crippen LogP contribution in [0.3, 0.4) is 0 Å². The lowest BCUT2D eigenvalue weighted by Crippen LogP contribution is -2.39. The fourth-order valence-electron chi connectivity index (χ4n) is 4.57. The molecule has 0 bridgehead atoms. The fraction of sp³-hybridized carbons (Fsp3) is 0.233. The third-order valence-electron chi connectivity index (χ3n) is 6.35. The number of carbonyl (C=O) groups is 1. The van der Waals surface area contributed by atoms with Crippen LogP contribution in [0.4, 0.5) is 0 Å². The molecule has 3 heterocycles. The van der Waals surface area contributed by atoms with Crippen LogP contribution in [0.2, 0.25) is 0 Å². The first-order valence-corrected chi connectivity index (χ1v) is 14.6. The van der Waals surface area contributed by atoms with Gasteiger partial charge in [0.1, 0.15) is 11.5 Å². The zero-order valence-corrected chi connectivity index (χ0v) is 25.4. The van der Waals surface area contributed by atoms with E-state index in [1.165, 1.54) is 15.9 Å². The number of furan rings is 1. The van der Waals surface area contributed by atoms with E-state index in [-0.39, 0.29) is 12.2 Å². The summed E-state index contributed by atoms with van der Waals surface area (Å²) in [6.45, 7) is 5.99. The van der Waals surface area contributed by atoms with Crippen molar-refractivity contribution in [3.05, 3.63) is 100 Å². The number of halogens is 1. The Morgan fingerprint density at radius 2 is 1.88 bits per heavy atom. The molecule has 10 heteroatoms. The summed E-state index contributed by atoms with van der Waals surface area (Å²) in [6.07, 6.45) is 1.71. The predicted octanol–water partition coefficient (Wildman–Crippen LogP) is 5.07. The van der Waals surface area contributed by atoms with E-state index in [4.69, 9.17) is 18.6 Å². The summed E-state index contributed by atoms with van der Waals surface area (Å²) in [7, 11) is 1.56. The number of rotatable bonds is 8. The maximum atomic E-state index is 13.9. The number of esters is 1. The average molecular weight is 671 g/mol. The minimum Gasteiger partial charge on any atom is -0.493 e. The van der Waals surface area contributed by atoms with Gasteiger partial charge in [0.25, 0.3) is 5.56 Å². The quantitative estimate of drug-likeness (QED) is 0.192. The topological polar surface area (TPSA) is 92.3 Å². The van der Waals surface area contributed by atoms with Gasteiger partial charge in [-0.1, -0.05) is 29.5 Å². The van der Waals surface area contributed by atoms with E-state index < -0.39 is 12.0 Å². The van der Waals surface area contributed by atoms with Crippen LogP contribution >= 0.6 is 33.9 Å². The van der Waals surface area contributed by atoms with E-state index in [0.717, 1.165) is 9.13 Å². The number of aromatic nitrogens is 1. The van der Waals surface area contributed by atoms with Gasteiger partial charge in [0.05, 0.1) is 42.2 Å². The Balaban J connectivity index is 1.65. The monoisotopic (exact) mass is 670 g/mol. The molecule has 206 valence electrons. The second-order valence-corrected chi connectivity index (χ2v) is 11.1. The van der Waals surface area contributed by atoms with Crippen LogP contribution in [-0.4, -0.2) is 30.9 Å². The van der Waals surface area contributed by atoms with Crippen molar-refractivity contribution in [2.75, 3.05) is 20.3 Å². The van der Waals surface area contributed by atoms with Crippen LogP contribution in [0, 0.1) is 3.57 Å². The van der Waals surface area contributed by atoms with E-state index in [9.17, 15) is 9.59 Å². The lowest BCUT2D eigenvalue weighted by molar-refractivity contribution is -0.139. The highest BCUT2D eigenvalue weighted by Gasteiger charge is 2.34. The third kappa shape index (κ3) is 5.37. The van der Waals surface area contributed by atoms with Crippen molar-refractivity contribution in [3.8, 4) is 22.8 Å². The Hall–Kier alpha value is -3.64. The van der Waals surface area contributed by atoms with Gasteiger partial charge in [0.15, 0.2) is 16.3 Å². The smallest absolute Gasteiger partial charge is 0.338 e. The molecule has 2 aromatic heterocycles. The molecule has 1 aliphatic heterocycles. The zero-order chi connectivity index (χ0) is 28.4. The molecule has 2 aromatic carbocycles. The normalized spacial score (nSPS) is 15.0. The number of ether oxygens (including phenoxy) is 3. The van der Waals surface area contributed by atoms with Gasteiger partial charge in [-0.15, -0.1) is 0 Å². The molecule has 1 aliphatic rings. The first-order chi connectivity index (χ1) is 19.3. The molecule has 40 heavy (non-hydrogen) atoms. The van der Waals surface area contributed by atoms with Gasteiger partial charge in [-0.25, -0.2) is 9.79 Å². The second-order valence-electron chi connectivity index (χ2n) is 8.85. The van der Waals surface area contributed by atoms with Crippen LogP contribution < -0.4 is 24.4 Å². The van der Waals surface area contributed by atoms with Crippen LogP contribution in [0.5, 0.6) is 11.5 Å². The largest absolute Gasteiger partial charge is 0.493 e. The predicted molar refractivity (Wildman–Crippen MR) is 161 cm³/mol. The van der Waals surface area contributed by atoms with Crippen molar-refractivity contribution in [2.45, 2.75) is 26.8 Å². The molecule has 4 aromatic rings. The minimum absolute atomic E-state index is 0.195. The van der Waals surface area contributed by atoms with Gasteiger partial charge in [0, 0.05) is 15.2 Å². The molecule has 1 atom stereocenters. The van der Waals surface area contributed by atoms with Gasteiger partial charge in [-0.05, 0) is 85.3 Å². The summed E-state index contributed by atoms with van der Waals surface area (Å²) >= 11 is 3.50. The number of thiazole rings is 1. The highest BCUT2D eigenvalue weighted by molar-refractivity contribution is 14.1. The van der Waals surface area contributed by atoms with Gasteiger partial charge in [-0.3, -0.25) is 9.36 Å². The number of allylic oxidation sites excluding steroid dienone is 1. The van der Waals surface area contributed by atoms with Gasteiger partial charge < -0.3 is 18.6 Å². The number of nitrogens with zero attached hydrogens (tertiary/aromatic N) is 2. The lowest BCUT2D eigenvalue weighted by atomic mass is 9.95. The molecule has 8 nitrogen and oxygen atoms in total. The second kappa shape index (κ2) is 11.8. The van der Waals surface area contributed by atoms with E-state index in [2.05, 4.69) is 27.6 Å². The van der Waals surface area contributed by atoms with E-state index in [1.807, 2.05) is 49.4 Å². The first-order valence-electron chi connectivity index (χ1n) is 12.7. The number of methoxy groups -OCH3 is 1. The summed E-state index contributed by atoms with van der Waals surface area (Å²) in [5.41, 5.74) is 2.12. The number of benzene rings is 2. The molecule has 0 saturated carbocycles. The van der Waals surface area contributed by atoms with Crippen molar-refractivity contribution in [3.63, 3.8) is 0 Å². The summed E-state index contributed by atoms with van der Waals surface area (Å²) in [4.78, 5) is 32.2. The van der Waals surface area contributed by atoms with Crippen molar-refractivity contribution in [1.29, 1.82) is 0 Å². The van der Waals surface area contributed by atoms with Crippen LogP contribution in [0.1, 0.15) is 38.1 Å². The third-order valence-corrected chi connectivity index (χ3v) is 8.05. The van der Waals surface area contributed by atoms with Crippen LogP contribution in [0.25, 0.3) is 17.4 Å². The van der Waals surface area contributed by atoms with Crippen LogP contribution in [-0.2, 0) is 9.53 Å². The number of hydrogen-bond acceptors (Lipinski definition) is 8. The maximum absolute atomic E-state index is 13.9. The Bertz CT molecular complexity index is 1780. The number of carbonyl (C=O) groups excluding carboxylic acids is 1. The van der Waals surface area contributed by atoms with Crippen molar-refractivity contribution >= 4 is 46.0 Å². The molecule has 5 rings (SSSR count). The highest BCUT2D eigenvalue weighted by Crippen LogP contribution is 2.36. The Morgan fingerprint density at radius 1 is 1.10 bits per heavy atom. The van der Waals surface area contributed by atoms with E-state index in [0.29, 0.717) is 55.8 Å². The van der Waals surface area contributed by atoms with Gasteiger partial charge >= 0.3 is 5.97 Å². The van der Waals surface area contributed by atoms with Gasteiger partial charge in [0.2, 0.25) is 0 Å². The molecular weight excluding hydrogens is 643 g/mol. The highest BCUT2D eigenvalue weighted by atomic mass is 127. The Kier molecular flexibility index (Phi) is 8.27. The number of hydrogen-bond donors (Lipinski definition) is 0. The summed E-state index contributed by atoms with van der Waals surface area (Å²) in [5, 5.41) is 0. The zero-order valence-electron chi connectivity index (χ0n) is 22.4. The molecule has 0 radical (unpaired) electrons. The molecule has 0 amide bonds. The van der Waals surface area contributed by atoms with Crippen molar-refractivity contribution in [2.24, 2.45) is 4.99 Å². The average Bonchev–Trinajstić information content (AvgIpc) is 3.53. The SMILES string of the molecule is CCOC(=O)C1=C(C)N=c2s/c(=C\c3ccc(-c4ccc(I)cc4)o3)c(=O)n2[C@H]1c1ccc(OC)c(OCC)c1.